The van der Waals surface area contributed by atoms with Crippen molar-refractivity contribution >= 4 is 11.3 Å². The van der Waals surface area contributed by atoms with Crippen LogP contribution in [0.25, 0.3) is 0 Å². The summed E-state index contributed by atoms with van der Waals surface area (Å²) in [6.07, 6.45) is -0.185. The third-order valence-corrected chi connectivity index (χ3v) is 2.63. The van der Waals surface area contributed by atoms with E-state index >= 15 is 0 Å². The van der Waals surface area contributed by atoms with Gasteiger partial charge in [0, 0.05) is 32.7 Å². The fourth-order valence-corrected chi connectivity index (χ4v) is 1.68. The molecule has 4 nitrogen and oxygen atoms in total. The largest absolute Gasteiger partial charge is 0.355 e. The van der Waals surface area contributed by atoms with Crippen LogP contribution in [0.15, 0.2) is 5.38 Å². The Hall–Kier alpha value is -0.490. The molecule has 14 heavy (non-hydrogen) atoms. The van der Waals surface area contributed by atoms with Gasteiger partial charge in [0.2, 0.25) is 0 Å². The van der Waals surface area contributed by atoms with Gasteiger partial charge in [-0.1, -0.05) is 0 Å². The van der Waals surface area contributed by atoms with E-state index < -0.39 is 0 Å². The van der Waals surface area contributed by atoms with Gasteiger partial charge in [0.15, 0.2) is 6.29 Å². The molecule has 0 bridgehead atoms. The average Bonchev–Trinajstić information content (AvgIpc) is 2.59. The molecule has 0 saturated carbocycles. The number of methoxy groups -OCH3 is 2. The molecular weight excluding hydrogens is 200 g/mol. The van der Waals surface area contributed by atoms with Crippen molar-refractivity contribution in [2.45, 2.75) is 19.8 Å². The van der Waals surface area contributed by atoms with Gasteiger partial charge in [-0.2, -0.15) is 0 Å². The zero-order valence-electron chi connectivity index (χ0n) is 8.74. The highest BCUT2D eigenvalue weighted by Crippen LogP contribution is 2.07. The van der Waals surface area contributed by atoms with Gasteiger partial charge in [-0.05, 0) is 6.92 Å². The number of aromatic nitrogens is 1. The van der Waals surface area contributed by atoms with Crippen molar-refractivity contribution in [1.29, 1.82) is 0 Å². The fourth-order valence-electron chi connectivity index (χ4n) is 1.07. The van der Waals surface area contributed by atoms with Crippen molar-refractivity contribution < 1.29 is 9.47 Å². The molecule has 80 valence electrons. The predicted octanol–water partition coefficient (Wildman–Crippen LogP) is 1.16. The van der Waals surface area contributed by atoms with Crippen molar-refractivity contribution in [2.75, 3.05) is 20.8 Å². The van der Waals surface area contributed by atoms with Crippen LogP contribution in [-0.2, 0) is 16.0 Å². The molecular formula is C9H16N2O2S. The summed E-state index contributed by atoms with van der Waals surface area (Å²) < 4.78 is 10.1. The van der Waals surface area contributed by atoms with Gasteiger partial charge in [0.1, 0.15) is 0 Å². The van der Waals surface area contributed by atoms with Crippen LogP contribution in [0.4, 0.5) is 0 Å². The zero-order valence-corrected chi connectivity index (χ0v) is 9.56. The van der Waals surface area contributed by atoms with Gasteiger partial charge < -0.3 is 14.8 Å². The normalized spacial score (nSPS) is 11.1. The summed E-state index contributed by atoms with van der Waals surface area (Å²) in [5, 5.41) is 6.36. The molecule has 1 N–H and O–H groups in total. The van der Waals surface area contributed by atoms with E-state index in [1.807, 2.05) is 6.92 Å². The molecule has 0 saturated heterocycles. The standard InChI is InChI=1S/C9H16N2O2S/c1-7-11-8(6-14-7)4-10-5-9(12-2)13-3/h6,9-10H,4-5H2,1-3H3. The summed E-state index contributed by atoms with van der Waals surface area (Å²) in [5.41, 5.74) is 1.07. The molecule has 0 spiro atoms. The Kier molecular flexibility index (Phi) is 5.03. The maximum Gasteiger partial charge on any atom is 0.169 e. The Morgan fingerprint density at radius 1 is 1.50 bits per heavy atom. The summed E-state index contributed by atoms with van der Waals surface area (Å²) in [5.74, 6) is 0. The number of aryl methyl sites for hydroxylation is 1. The fraction of sp³-hybridized carbons (Fsp3) is 0.667. The molecule has 1 rings (SSSR count). The zero-order chi connectivity index (χ0) is 10.4. The first-order valence-electron chi connectivity index (χ1n) is 4.43. The molecule has 5 heteroatoms. The number of hydrogen-bond acceptors (Lipinski definition) is 5. The predicted molar refractivity (Wildman–Crippen MR) is 56.4 cm³/mol. The number of thiazole rings is 1. The van der Waals surface area contributed by atoms with Crippen LogP contribution in [0.5, 0.6) is 0 Å². The second-order valence-corrected chi connectivity index (χ2v) is 3.95. The molecule has 0 aliphatic heterocycles. The lowest BCUT2D eigenvalue weighted by Gasteiger charge is -2.13. The third kappa shape index (κ3) is 3.71. The maximum absolute atomic E-state index is 5.04. The van der Waals surface area contributed by atoms with Gasteiger partial charge in [-0.3, -0.25) is 0 Å². The van der Waals surface area contributed by atoms with Crippen LogP contribution in [0.1, 0.15) is 10.7 Å². The molecule has 1 heterocycles. The van der Waals surface area contributed by atoms with E-state index in [1.54, 1.807) is 25.6 Å². The first-order valence-corrected chi connectivity index (χ1v) is 5.31. The Labute approximate surface area is 88.3 Å². The SMILES string of the molecule is COC(CNCc1csc(C)n1)OC. The summed E-state index contributed by atoms with van der Waals surface area (Å²) in [6.45, 7) is 3.43. The van der Waals surface area contributed by atoms with Crippen molar-refractivity contribution in [3.63, 3.8) is 0 Å². The number of nitrogens with zero attached hydrogens (tertiary/aromatic N) is 1. The first-order chi connectivity index (χ1) is 6.76. The molecule has 0 aliphatic rings. The molecule has 0 atom stereocenters. The first kappa shape index (κ1) is 11.6. The molecule has 1 aromatic rings. The van der Waals surface area contributed by atoms with E-state index in [-0.39, 0.29) is 6.29 Å². The minimum absolute atomic E-state index is 0.185. The summed E-state index contributed by atoms with van der Waals surface area (Å²) in [7, 11) is 3.26. The summed E-state index contributed by atoms with van der Waals surface area (Å²) in [4.78, 5) is 4.33. The second-order valence-electron chi connectivity index (χ2n) is 2.89. The topological polar surface area (TPSA) is 43.4 Å². The van der Waals surface area contributed by atoms with E-state index in [2.05, 4.69) is 15.7 Å². The lowest BCUT2D eigenvalue weighted by atomic mass is 10.4. The van der Waals surface area contributed by atoms with E-state index in [0.29, 0.717) is 6.54 Å². The molecule has 0 unspecified atom stereocenters. The highest BCUT2D eigenvalue weighted by Gasteiger charge is 2.04. The van der Waals surface area contributed by atoms with Crippen molar-refractivity contribution in [1.82, 2.24) is 10.3 Å². The second kappa shape index (κ2) is 6.08. The van der Waals surface area contributed by atoms with Crippen LogP contribution in [0, 0.1) is 6.92 Å². The number of hydrogen-bond donors (Lipinski definition) is 1. The lowest BCUT2D eigenvalue weighted by molar-refractivity contribution is -0.0989. The van der Waals surface area contributed by atoms with E-state index in [4.69, 9.17) is 9.47 Å². The van der Waals surface area contributed by atoms with E-state index in [1.165, 1.54) is 0 Å². The molecule has 0 aliphatic carbocycles. The molecule has 0 radical (unpaired) electrons. The highest BCUT2D eigenvalue weighted by molar-refractivity contribution is 7.09. The minimum atomic E-state index is -0.185. The van der Waals surface area contributed by atoms with Crippen LogP contribution < -0.4 is 5.32 Å². The van der Waals surface area contributed by atoms with E-state index in [9.17, 15) is 0 Å². The Bertz CT molecular complexity index is 261. The third-order valence-electron chi connectivity index (χ3n) is 1.81. The maximum atomic E-state index is 5.04. The van der Waals surface area contributed by atoms with Gasteiger partial charge in [0.25, 0.3) is 0 Å². The summed E-state index contributed by atoms with van der Waals surface area (Å²) in [6, 6.07) is 0. The number of nitrogens with one attached hydrogen (secondary N) is 1. The number of ether oxygens (including phenoxy) is 2. The molecule has 0 aromatic carbocycles. The minimum Gasteiger partial charge on any atom is -0.355 e. The molecule has 1 aromatic heterocycles. The molecule has 0 amide bonds. The quantitative estimate of drug-likeness (QED) is 0.725. The van der Waals surface area contributed by atoms with Crippen LogP contribution >= 0.6 is 11.3 Å². The van der Waals surface area contributed by atoms with Gasteiger partial charge in [-0.15, -0.1) is 11.3 Å². The van der Waals surface area contributed by atoms with Gasteiger partial charge >= 0.3 is 0 Å². The highest BCUT2D eigenvalue weighted by atomic mass is 32.1. The Balaban J connectivity index is 2.21. The van der Waals surface area contributed by atoms with Crippen LogP contribution in [-0.4, -0.2) is 32.0 Å². The lowest BCUT2D eigenvalue weighted by Crippen LogP contribution is -2.29. The van der Waals surface area contributed by atoms with Crippen molar-refractivity contribution in [3.05, 3.63) is 16.1 Å². The number of rotatable bonds is 6. The average molecular weight is 216 g/mol. The van der Waals surface area contributed by atoms with Crippen molar-refractivity contribution in [2.24, 2.45) is 0 Å². The molecule has 0 fully saturated rings. The monoisotopic (exact) mass is 216 g/mol. The van der Waals surface area contributed by atoms with Crippen LogP contribution in [0.2, 0.25) is 0 Å². The Morgan fingerprint density at radius 3 is 2.71 bits per heavy atom. The van der Waals surface area contributed by atoms with Crippen LogP contribution in [0.3, 0.4) is 0 Å². The van der Waals surface area contributed by atoms with Gasteiger partial charge in [0.05, 0.1) is 10.7 Å². The van der Waals surface area contributed by atoms with Crippen molar-refractivity contribution in [3.8, 4) is 0 Å². The Morgan fingerprint density at radius 2 is 2.21 bits per heavy atom. The van der Waals surface area contributed by atoms with E-state index in [0.717, 1.165) is 17.2 Å². The summed E-state index contributed by atoms with van der Waals surface area (Å²) >= 11 is 1.66. The smallest absolute Gasteiger partial charge is 0.169 e. The van der Waals surface area contributed by atoms with Gasteiger partial charge in [-0.25, -0.2) is 4.98 Å².